The molecule has 234 valence electrons. The minimum absolute atomic E-state index is 0.0764. The molecule has 2 N–H and O–H groups in total. The van der Waals surface area contributed by atoms with Crippen molar-refractivity contribution in [3.05, 3.63) is 83.1 Å². The first-order valence-corrected chi connectivity index (χ1v) is 14.6. The number of anilines is 2. The summed E-state index contributed by atoms with van der Waals surface area (Å²) in [4.78, 5) is 4.42. The molecular formula is C32H30F3N11. The summed E-state index contributed by atoms with van der Waals surface area (Å²) in [6.07, 6.45) is 1.38. The van der Waals surface area contributed by atoms with Gasteiger partial charge in [-0.2, -0.15) is 23.7 Å². The summed E-state index contributed by atoms with van der Waals surface area (Å²) in [5, 5.41) is 43.5. The second-order valence-electron chi connectivity index (χ2n) is 12.6. The standard InChI is InChI=1S/C32H30F3N11/c1-19-23(6-5-7-26(19)45-11-10-40-43-45)29(25-17-46(44-42-25)31(8-9-31)32(33,34)35)41-22-12-20(14-36)27-24(13-22)28(21(15-37)16-38-27)39-18-30(2,3)4/h5-7,10-13,16-17,29,41H,8-9,18H2,1-4H3,(H,38,39)/t29-/m0/s1. The minimum Gasteiger partial charge on any atom is -0.383 e. The lowest BCUT2D eigenvalue weighted by molar-refractivity contribution is -0.182. The molecule has 11 nitrogen and oxygen atoms in total. The van der Waals surface area contributed by atoms with Crippen LogP contribution in [-0.2, 0) is 5.54 Å². The van der Waals surface area contributed by atoms with Gasteiger partial charge in [-0.3, -0.25) is 4.98 Å². The number of nitrogens with one attached hydrogen (secondary N) is 2. The minimum atomic E-state index is -4.48. The first-order chi connectivity index (χ1) is 21.8. The molecule has 46 heavy (non-hydrogen) atoms. The number of nitrogens with zero attached hydrogens (tertiary/aromatic N) is 9. The fraction of sp³-hybridized carbons (Fsp3) is 0.344. The Morgan fingerprint density at radius 1 is 1.07 bits per heavy atom. The molecule has 0 spiro atoms. The molecule has 6 rings (SSSR count). The largest absolute Gasteiger partial charge is 0.413 e. The third-order valence-corrected chi connectivity index (χ3v) is 8.14. The van der Waals surface area contributed by atoms with Crippen molar-refractivity contribution in [3.8, 4) is 17.8 Å². The lowest BCUT2D eigenvalue weighted by Gasteiger charge is -2.23. The summed E-state index contributed by atoms with van der Waals surface area (Å²) in [5.41, 5.74) is 2.25. The van der Waals surface area contributed by atoms with Gasteiger partial charge >= 0.3 is 6.18 Å². The monoisotopic (exact) mass is 625 g/mol. The van der Waals surface area contributed by atoms with Crippen LogP contribution in [0.3, 0.4) is 0 Å². The predicted octanol–water partition coefficient (Wildman–Crippen LogP) is 6.17. The molecule has 1 atom stereocenters. The smallest absolute Gasteiger partial charge is 0.383 e. The highest BCUT2D eigenvalue weighted by Gasteiger charge is 2.66. The Kier molecular flexibility index (Phi) is 7.39. The fourth-order valence-electron chi connectivity index (χ4n) is 5.50. The van der Waals surface area contributed by atoms with Gasteiger partial charge in [-0.15, -0.1) is 10.2 Å². The normalized spacial score (nSPS) is 14.8. The van der Waals surface area contributed by atoms with Crippen LogP contribution in [0.15, 0.2) is 55.1 Å². The first kappa shape index (κ1) is 30.5. The molecule has 0 saturated heterocycles. The SMILES string of the molecule is Cc1c([C@H](Nc2cc(C#N)c3ncc(C#N)c(NCC(C)(C)C)c3c2)c2cn(C3(C(F)(F)F)CC3)nn2)cccc1-n1ccnn1. The first-order valence-electron chi connectivity index (χ1n) is 14.6. The average Bonchev–Trinajstić information content (AvgIpc) is 3.41. The topological polar surface area (TPSA) is 146 Å². The number of benzene rings is 2. The quantitative estimate of drug-likeness (QED) is 0.207. The van der Waals surface area contributed by atoms with E-state index in [9.17, 15) is 23.7 Å². The zero-order chi connectivity index (χ0) is 32.9. The van der Waals surface area contributed by atoms with Crippen LogP contribution in [0.4, 0.5) is 24.5 Å². The molecule has 1 saturated carbocycles. The highest BCUT2D eigenvalue weighted by molar-refractivity contribution is 5.99. The number of hydrogen-bond donors (Lipinski definition) is 2. The Hall–Kier alpha value is -5.50. The molecule has 1 aliphatic carbocycles. The molecule has 3 aromatic heterocycles. The summed E-state index contributed by atoms with van der Waals surface area (Å²) in [5.74, 6) is 0. The van der Waals surface area contributed by atoms with Crippen molar-refractivity contribution >= 4 is 22.3 Å². The van der Waals surface area contributed by atoms with Crippen molar-refractivity contribution in [3.63, 3.8) is 0 Å². The maximum absolute atomic E-state index is 14.0. The molecular weight excluding hydrogens is 595 g/mol. The van der Waals surface area contributed by atoms with Crippen molar-refractivity contribution in [1.82, 2.24) is 35.0 Å². The summed E-state index contributed by atoms with van der Waals surface area (Å²) in [6, 6.07) is 12.5. The molecule has 5 aromatic rings. The van der Waals surface area contributed by atoms with E-state index >= 15 is 0 Å². The van der Waals surface area contributed by atoms with Crippen LogP contribution in [0.1, 0.15) is 67.6 Å². The maximum atomic E-state index is 14.0. The van der Waals surface area contributed by atoms with E-state index in [0.717, 1.165) is 15.9 Å². The zero-order valence-corrected chi connectivity index (χ0v) is 25.6. The highest BCUT2D eigenvalue weighted by atomic mass is 19.4. The van der Waals surface area contributed by atoms with Gasteiger partial charge in [-0.1, -0.05) is 43.3 Å². The van der Waals surface area contributed by atoms with Gasteiger partial charge in [0.2, 0.25) is 0 Å². The Morgan fingerprint density at radius 3 is 2.46 bits per heavy atom. The van der Waals surface area contributed by atoms with Crippen LogP contribution in [-0.4, -0.2) is 47.7 Å². The van der Waals surface area contributed by atoms with Crippen LogP contribution < -0.4 is 10.6 Å². The molecule has 14 heteroatoms. The van der Waals surface area contributed by atoms with Gasteiger partial charge < -0.3 is 10.6 Å². The van der Waals surface area contributed by atoms with Crippen LogP contribution in [0.25, 0.3) is 16.6 Å². The number of rotatable bonds is 8. The molecule has 2 aromatic carbocycles. The van der Waals surface area contributed by atoms with E-state index in [1.807, 2.05) is 25.1 Å². The second kappa shape index (κ2) is 11.1. The van der Waals surface area contributed by atoms with E-state index in [2.05, 4.69) is 69.2 Å². The number of halogens is 3. The zero-order valence-electron chi connectivity index (χ0n) is 25.6. The van der Waals surface area contributed by atoms with Crippen molar-refractivity contribution in [2.75, 3.05) is 17.2 Å². The third kappa shape index (κ3) is 5.47. The van der Waals surface area contributed by atoms with Crippen LogP contribution in [0.5, 0.6) is 0 Å². The van der Waals surface area contributed by atoms with E-state index in [0.29, 0.717) is 39.9 Å². The Morgan fingerprint density at radius 2 is 1.83 bits per heavy atom. The van der Waals surface area contributed by atoms with Gasteiger partial charge in [0.05, 0.1) is 52.7 Å². The van der Waals surface area contributed by atoms with E-state index in [1.54, 1.807) is 29.2 Å². The molecule has 1 aliphatic rings. The Bertz CT molecular complexity index is 2000. The lowest BCUT2D eigenvalue weighted by Crippen LogP contribution is -2.35. The molecule has 0 bridgehead atoms. The van der Waals surface area contributed by atoms with Crippen molar-refractivity contribution < 1.29 is 13.2 Å². The molecule has 0 aliphatic heterocycles. The van der Waals surface area contributed by atoms with Gasteiger partial charge in [0.1, 0.15) is 17.8 Å². The highest BCUT2D eigenvalue weighted by Crippen LogP contribution is 2.55. The molecule has 0 amide bonds. The van der Waals surface area contributed by atoms with Gasteiger partial charge in [-0.05, 0) is 54.5 Å². The molecule has 3 heterocycles. The van der Waals surface area contributed by atoms with Gasteiger partial charge in [0.15, 0.2) is 5.54 Å². The molecule has 1 fully saturated rings. The number of nitriles is 2. The summed E-state index contributed by atoms with van der Waals surface area (Å²) in [7, 11) is 0. The van der Waals surface area contributed by atoms with Crippen molar-refractivity contribution in [2.45, 2.75) is 58.3 Å². The van der Waals surface area contributed by atoms with Crippen molar-refractivity contribution in [2.24, 2.45) is 5.41 Å². The summed E-state index contributed by atoms with van der Waals surface area (Å²) < 4.78 is 44.6. The summed E-state index contributed by atoms with van der Waals surface area (Å²) in [6.45, 7) is 8.59. The number of aromatic nitrogens is 7. The average molecular weight is 626 g/mol. The molecule has 0 radical (unpaired) electrons. The van der Waals surface area contributed by atoms with Crippen LogP contribution >= 0.6 is 0 Å². The number of pyridine rings is 1. The number of fused-ring (bicyclic) bond motifs is 1. The third-order valence-electron chi connectivity index (χ3n) is 8.14. The van der Waals surface area contributed by atoms with E-state index < -0.39 is 17.8 Å². The number of alkyl halides is 3. The van der Waals surface area contributed by atoms with E-state index in [-0.39, 0.29) is 29.5 Å². The van der Waals surface area contributed by atoms with E-state index in [4.69, 9.17) is 0 Å². The maximum Gasteiger partial charge on any atom is 0.413 e. The molecule has 0 unspecified atom stereocenters. The van der Waals surface area contributed by atoms with Gasteiger partial charge in [-0.25, -0.2) is 9.36 Å². The fourth-order valence-corrected chi connectivity index (χ4v) is 5.50. The lowest BCUT2D eigenvalue weighted by atomic mass is 9.95. The van der Waals surface area contributed by atoms with Crippen molar-refractivity contribution in [1.29, 1.82) is 10.5 Å². The van der Waals surface area contributed by atoms with Crippen LogP contribution in [0.2, 0.25) is 0 Å². The van der Waals surface area contributed by atoms with Gasteiger partial charge in [0.25, 0.3) is 0 Å². The summed E-state index contributed by atoms with van der Waals surface area (Å²) >= 11 is 0. The predicted molar refractivity (Wildman–Crippen MR) is 164 cm³/mol. The number of hydrogen-bond acceptors (Lipinski definition) is 9. The second-order valence-corrected chi connectivity index (χ2v) is 12.6. The Labute approximate surface area is 262 Å². The van der Waals surface area contributed by atoms with Gasteiger partial charge in [0, 0.05) is 23.8 Å². The van der Waals surface area contributed by atoms with E-state index in [1.165, 1.54) is 12.4 Å². The Balaban J connectivity index is 1.50. The van der Waals surface area contributed by atoms with Crippen LogP contribution in [0, 0.1) is 35.0 Å².